The van der Waals surface area contributed by atoms with Gasteiger partial charge in [-0.1, -0.05) is 40.5 Å². The zero-order chi connectivity index (χ0) is 14.8. The van der Waals surface area contributed by atoms with Gasteiger partial charge in [-0.15, -0.1) is 0 Å². The van der Waals surface area contributed by atoms with Crippen molar-refractivity contribution in [1.82, 2.24) is 4.90 Å². The summed E-state index contributed by atoms with van der Waals surface area (Å²) in [7, 11) is 0. The van der Waals surface area contributed by atoms with E-state index < -0.39 is 0 Å². The highest BCUT2D eigenvalue weighted by Crippen LogP contribution is 2.41. The second kappa shape index (κ2) is 6.36. The van der Waals surface area contributed by atoms with E-state index in [0.29, 0.717) is 11.0 Å². The van der Waals surface area contributed by atoms with Crippen LogP contribution in [-0.2, 0) is 0 Å². The number of hydrogen-bond acceptors (Lipinski definition) is 2. The summed E-state index contributed by atoms with van der Waals surface area (Å²) in [6.45, 7) is 13.0. The largest absolute Gasteiger partial charge is 0.329 e. The molecule has 0 aromatic heterocycles. The Balaban J connectivity index is 2.09. The fourth-order valence-corrected chi connectivity index (χ4v) is 4.45. The lowest BCUT2D eigenvalue weighted by Crippen LogP contribution is -2.57. The first-order valence-corrected chi connectivity index (χ1v) is 8.84. The minimum absolute atomic E-state index is 0.313. The van der Waals surface area contributed by atoms with E-state index in [1.807, 2.05) is 0 Å². The van der Waals surface area contributed by atoms with Gasteiger partial charge in [0.25, 0.3) is 0 Å². The van der Waals surface area contributed by atoms with Crippen LogP contribution in [0.15, 0.2) is 0 Å². The molecule has 2 aliphatic rings. The Bertz CT molecular complexity index is 311. The second-order valence-corrected chi connectivity index (χ2v) is 8.53. The zero-order valence-corrected chi connectivity index (χ0v) is 14.3. The number of nitrogens with zero attached hydrogens (tertiary/aromatic N) is 1. The number of likely N-dealkylation sites (tertiary alicyclic amines) is 1. The maximum absolute atomic E-state index is 6.31. The van der Waals surface area contributed by atoms with E-state index in [0.717, 1.165) is 18.4 Å². The lowest BCUT2D eigenvalue weighted by Gasteiger charge is -2.49. The molecule has 1 aliphatic heterocycles. The molecule has 20 heavy (non-hydrogen) atoms. The first kappa shape index (κ1) is 16.3. The molecule has 1 saturated carbocycles. The van der Waals surface area contributed by atoms with Crippen molar-refractivity contribution in [3.63, 3.8) is 0 Å². The molecule has 2 rings (SSSR count). The average Bonchev–Trinajstić information content (AvgIpc) is 2.60. The van der Waals surface area contributed by atoms with Crippen LogP contribution in [0.2, 0.25) is 0 Å². The molecular weight excluding hydrogens is 244 g/mol. The van der Waals surface area contributed by atoms with E-state index in [-0.39, 0.29) is 0 Å². The molecule has 0 bridgehead atoms. The first-order chi connectivity index (χ1) is 9.38. The van der Waals surface area contributed by atoms with Crippen LogP contribution < -0.4 is 5.73 Å². The maximum atomic E-state index is 6.31. The predicted molar refractivity (Wildman–Crippen MR) is 87.8 cm³/mol. The minimum Gasteiger partial charge on any atom is -0.329 e. The summed E-state index contributed by atoms with van der Waals surface area (Å²) in [6, 6.07) is 0. The van der Waals surface area contributed by atoms with Crippen LogP contribution in [0.25, 0.3) is 0 Å². The molecule has 0 aromatic carbocycles. The molecule has 2 heteroatoms. The topological polar surface area (TPSA) is 29.3 Å². The van der Waals surface area contributed by atoms with Gasteiger partial charge in [0.2, 0.25) is 0 Å². The predicted octanol–water partition coefficient (Wildman–Crippen LogP) is 4.04. The second-order valence-electron chi connectivity index (χ2n) is 8.53. The molecule has 2 nitrogen and oxygen atoms in total. The number of nitrogens with two attached hydrogens (primary N) is 1. The zero-order valence-electron chi connectivity index (χ0n) is 14.3. The van der Waals surface area contributed by atoms with Gasteiger partial charge in [0.1, 0.15) is 0 Å². The van der Waals surface area contributed by atoms with Crippen LogP contribution in [0.4, 0.5) is 0 Å². The minimum atomic E-state index is 0.313. The van der Waals surface area contributed by atoms with Gasteiger partial charge >= 0.3 is 0 Å². The molecule has 2 unspecified atom stereocenters. The lowest BCUT2D eigenvalue weighted by molar-refractivity contribution is 0.0260. The molecule has 1 aliphatic carbocycles. The third-order valence-corrected chi connectivity index (χ3v) is 6.19. The Morgan fingerprint density at radius 2 is 1.85 bits per heavy atom. The fraction of sp³-hybridized carbons (Fsp3) is 1.00. The Hall–Kier alpha value is -0.0800. The highest BCUT2D eigenvalue weighted by Gasteiger charge is 2.41. The summed E-state index contributed by atoms with van der Waals surface area (Å²) >= 11 is 0. The van der Waals surface area contributed by atoms with Gasteiger partial charge in [0.05, 0.1) is 0 Å². The smallest absolute Gasteiger partial charge is 0.0334 e. The van der Waals surface area contributed by atoms with Crippen LogP contribution in [0.1, 0.15) is 72.6 Å². The Labute approximate surface area is 126 Å². The Morgan fingerprint density at radius 3 is 2.50 bits per heavy atom. The van der Waals surface area contributed by atoms with E-state index in [2.05, 4.69) is 32.6 Å². The highest BCUT2D eigenvalue weighted by molar-refractivity contribution is 4.98. The van der Waals surface area contributed by atoms with Crippen molar-refractivity contribution >= 4 is 0 Å². The molecule has 1 saturated heterocycles. The summed E-state index contributed by atoms with van der Waals surface area (Å²) in [5, 5.41) is 0. The standard InChI is InChI=1S/C18H36N2/c1-15(2)16-7-5-9-18(13-16,14-19)20-11-6-8-17(3,4)10-12-20/h15-16H,5-14,19H2,1-4H3. The summed E-state index contributed by atoms with van der Waals surface area (Å²) in [6.07, 6.45) is 9.51. The third kappa shape index (κ3) is 3.57. The lowest BCUT2D eigenvalue weighted by atomic mass is 9.70. The van der Waals surface area contributed by atoms with Gasteiger partial charge in [-0.3, -0.25) is 4.90 Å². The van der Waals surface area contributed by atoms with Crippen LogP contribution >= 0.6 is 0 Å². The number of hydrogen-bond donors (Lipinski definition) is 1. The molecule has 1 heterocycles. The van der Waals surface area contributed by atoms with Gasteiger partial charge in [-0.2, -0.15) is 0 Å². The SMILES string of the molecule is CC(C)C1CCCC(CN)(N2CCCC(C)(C)CC2)C1. The maximum Gasteiger partial charge on any atom is 0.0334 e. The molecule has 2 fully saturated rings. The van der Waals surface area contributed by atoms with Crippen molar-refractivity contribution in [2.75, 3.05) is 19.6 Å². The van der Waals surface area contributed by atoms with Crippen molar-refractivity contribution in [3.8, 4) is 0 Å². The summed E-state index contributed by atoms with van der Waals surface area (Å²) in [4.78, 5) is 2.79. The third-order valence-electron chi connectivity index (χ3n) is 6.19. The van der Waals surface area contributed by atoms with Crippen LogP contribution in [0.5, 0.6) is 0 Å². The van der Waals surface area contributed by atoms with E-state index in [1.54, 1.807) is 0 Å². The van der Waals surface area contributed by atoms with Gasteiger partial charge in [-0.25, -0.2) is 0 Å². The molecule has 118 valence electrons. The molecule has 2 atom stereocenters. The van der Waals surface area contributed by atoms with Gasteiger partial charge in [0.15, 0.2) is 0 Å². The average molecular weight is 280 g/mol. The van der Waals surface area contributed by atoms with E-state index in [1.165, 1.54) is 58.0 Å². The van der Waals surface area contributed by atoms with Crippen molar-refractivity contribution in [2.24, 2.45) is 23.0 Å². The highest BCUT2D eigenvalue weighted by atomic mass is 15.2. The van der Waals surface area contributed by atoms with E-state index >= 15 is 0 Å². The van der Waals surface area contributed by atoms with Crippen LogP contribution in [0, 0.1) is 17.3 Å². The summed E-state index contributed by atoms with van der Waals surface area (Å²) in [5.41, 5.74) is 7.15. The molecule has 0 amide bonds. The first-order valence-electron chi connectivity index (χ1n) is 8.84. The Morgan fingerprint density at radius 1 is 1.10 bits per heavy atom. The van der Waals surface area contributed by atoms with E-state index in [9.17, 15) is 0 Å². The van der Waals surface area contributed by atoms with Crippen LogP contribution in [-0.4, -0.2) is 30.1 Å². The summed E-state index contributed by atoms with van der Waals surface area (Å²) < 4.78 is 0. The summed E-state index contributed by atoms with van der Waals surface area (Å²) in [5.74, 6) is 1.69. The van der Waals surface area contributed by atoms with Gasteiger partial charge in [0, 0.05) is 12.1 Å². The fourth-order valence-electron chi connectivity index (χ4n) is 4.45. The molecular formula is C18H36N2. The monoisotopic (exact) mass is 280 g/mol. The van der Waals surface area contributed by atoms with Crippen molar-refractivity contribution in [3.05, 3.63) is 0 Å². The normalized spacial score (nSPS) is 36.0. The van der Waals surface area contributed by atoms with Crippen molar-refractivity contribution in [1.29, 1.82) is 0 Å². The van der Waals surface area contributed by atoms with E-state index in [4.69, 9.17) is 5.73 Å². The molecule has 2 N–H and O–H groups in total. The quantitative estimate of drug-likeness (QED) is 0.845. The van der Waals surface area contributed by atoms with Gasteiger partial charge in [-0.05, 0) is 62.4 Å². The number of rotatable bonds is 3. The van der Waals surface area contributed by atoms with Crippen LogP contribution in [0.3, 0.4) is 0 Å². The van der Waals surface area contributed by atoms with Crippen molar-refractivity contribution < 1.29 is 0 Å². The molecule has 0 radical (unpaired) electrons. The van der Waals surface area contributed by atoms with Gasteiger partial charge < -0.3 is 5.73 Å². The Kier molecular flexibility index (Phi) is 5.18. The molecule has 0 aromatic rings. The van der Waals surface area contributed by atoms with Crippen molar-refractivity contribution in [2.45, 2.75) is 78.2 Å². The molecule has 0 spiro atoms.